The number of rotatable bonds is 5. The van der Waals surface area contributed by atoms with Gasteiger partial charge in [0.05, 0.1) is 17.9 Å². The molecule has 0 saturated carbocycles. The molecule has 0 aromatic heterocycles. The van der Waals surface area contributed by atoms with E-state index in [0.717, 1.165) is 23.5 Å². The largest absolute Gasteiger partial charge is 0.493 e. The Hall–Kier alpha value is -2.67. The van der Waals surface area contributed by atoms with Gasteiger partial charge in [-0.1, -0.05) is 19.1 Å². The lowest BCUT2D eigenvalue weighted by molar-refractivity contribution is 0.318. The Morgan fingerprint density at radius 2 is 2.05 bits per heavy atom. The number of anilines is 3. The molecule has 0 aliphatic heterocycles. The number of ether oxygens (including phenoxy) is 1. The van der Waals surface area contributed by atoms with Crippen LogP contribution < -0.4 is 15.8 Å². The fraction of sp³-hybridized carbons (Fsp3) is 0.188. The summed E-state index contributed by atoms with van der Waals surface area (Å²) in [5.74, 6) is 0.726. The summed E-state index contributed by atoms with van der Waals surface area (Å²) in [6.07, 6.45) is 0.939. The van der Waals surface area contributed by atoms with Crippen molar-refractivity contribution in [2.45, 2.75) is 13.3 Å². The van der Waals surface area contributed by atoms with Gasteiger partial charge in [-0.25, -0.2) is 0 Å². The first-order valence-corrected chi connectivity index (χ1v) is 6.52. The number of benzene rings is 2. The van der Waals surface area contributed by atoms with Crippen molar-refractivity contribution in [3.05, 3.63) is 48.0 Å². The number of para-hydroxylation sites is 1. The third-order valence-corrected chi connectivity index (χ3v) is 2.73. The molecule has 102 valence electrons. The van der Waals surface area contributed by atoms with Crippen LogP contribution in [-0.2, 0) is 0 Å². The summed E-state index contributed by atoms with van der Waals surface area (Å²) in [4.78, 5) is 0. The van der Waals surface area contributed by atoms with Gasteiger partial charge in [-0.05, 0) is 24.6 Å². The van der Waals surface area contributed by atoms with Crippen LogP contribution in [0, 0.1) is 11.3 Å². The fourth-order valence-corrected chi connectivity index (χ4v) is 1.84. The topological polar surface area (TPSA) is 71.1 Å². The third kappa shape index (κ3) is 3.42. The predicted molar refractivity (Wildman–Crippen MR) is 81.1 cm³/mol. The van der Waals surface area contributed by atoms with Crippen molar-refractivity contribution in [3.8, 4) is 11.8 Å². The van der Waals surface area contributed by atoms with E-state index in [1.54, 1.807) is 12.1 Å². The van der Waals surface area contributed by atoms with E-state index in [-0.39, 0.29) is 0 Å². The molecule has 2 aromatic carbocycles. The minimum absolute atomic E-state index is 0.589. The zero-order chi connectivity index (χ0) is 14.4. The van der Waals surface area contributed by atoms with Gasteiger partial charge in [-0.15, -0.1) is 0 Å². The van der Waals surface area contributed by atoms with E-state index in [0.29, 0.717) is 17.9 Å². The van der Waals surface area contributed by atoms with Crippen molar-refractivity contribution < 1.29 is 4.74 Å². The molecule has 3 N–H and O–H groups in total. The SMILES string of the molecule is CCCOc1cc(N)cc(Nc2ccccc2C#N)c1. The second-order valence-corrected chi connectivity index (χ2v) is 4.42. The molecule has 0 amide bonds. The summed E-state index contributed by atoms with van der Waals surface area (Å²) >= 11 is 0. The quantitative estimate of drug-likeness (QED) is 0.811. The van der Waals surface area contributed by atoms with Gasteiger partial charge in [-0.2, -0.15) is 5.26 Å². The Kier molecular flexibility index (Phi) is 4.46. The Bertz CT molecular complexity index is 632. The molecular formula is C16H17N3O. The van der Waals surface area contributed by atoms with Gasteiger partial charge in [0.2, 0.25) is 0 Å². The van der Waals surface area contributed by atoms with Crippen LogP contribution >= 0.6 is 0 Å². The molecule has 0 saturated heterocycles. The van der Waals surface area contributed by atoms with E-state index in [1.165, 1.54) is 0 Å². The lowest BCUT2D eigenvalue weighted by Crippen LogP contribution is -1.99. The predicted octanol–water partition coefficient (Wildman–Crippen LogP) is 3.67. The summed E-state index contributed by atoms with van der Waals surface area (Å²) in [6.45, 7) is 2.70. The fourth-order valence-electron chi connectivity index (χ4n) is 1.84. The highest BCUT2D eigenvalue weighted by atomic mass is 16.5. The Labute approximate surface area is 118 Å². The summed E-state index contributed by atoms with van der Waals surface area (Å²) in [7, 11) is 0. The van der Waals surface area contributed by atoms with E-state index in [1.807, 2.05) is 30.3 Å². The first-order chi connectivity index (χ1) is 9.72. The van der Waals surface area contributed by atoms with Gasteiger partial charge in [0.1, 0.15) is 11.8 Å². The molecule has 0 spiro atoms. The van der Waals surface area contributed by atoms with Crippen molar-refractivity contribution in [1.82, 2.24) is 0 Å². The van der Waals surface area contributed by atoms with E-state index in [9.17, 15) is 0 Å². The van der Waals surface area contributed by atoms with Crippen LogP contribution in [0.4, 0.5) is 17.1 Å². The number of nitrogens with zero attached hydrogens (tertiary/aromatic N) is 1. The average molecular weight is 267 g/mol. The van der Waals surface area contributed by atoms with Crippen molar-refractivity contribution >= 4 is 17.1 Å². The Morgan fingerprint density at radius 3 is 2.80 bits per heavy atom. The standard InChI is InChI=1S/C16H17N3O/c1-2-7-20-15-9-13(18)8-14(10-15)19-16-6-4-3-5-12(16)11-17/h3-6,8-10,19H,2,7,18H2,1H3. The van der Waals surface area contributed by atoms with Gasteiger partial charge >= 0.3 is 0 Å². The first-order valence-electron chi connectivity index (χ1n) is 6.52. The highest BCUT2D eigenvalue weighted by Crippen LogP contribution is 2.26. The van der Waals surface area contributed by atoms with Crippen LogP contribution in [0.25, 0.3) is 0 Å². The van der Waals surface area contributed by atoms with E-state index >= 15 is 0 Å². The number of nitrogen functional groups attached to an aromatic ring is 1. The maximum atomic E-state index is 9.08. The number of nitriles is 1. The maximum Gasteiger partial charge on any atom is 0.123 e. The van der Waals surface area contributed by atoms with Crippen LogP contribution in [0.5, 0.6) is 5.75 Å². The first kappa shape index (κ1) is 13.8. The van der Waals surface area contributed by atoms with E-state index < -0.39 is 0 Å². The number of hydrogen-bond donors (Lipinski definition) is 2. The second kappa shape index (κ2) is 6.48. The van der Waals surface area contributed by atoms with Crippen LogP contribution in [0.3, 0.4) is 0 Å². The highest BCUT2D eigenvalue weighted by Gasteiger charge is 2.04. The van der Waals surface area contributed by atoms with Crippen molar-refractivity contribution in [2.24, 2.45) is 0 Å². The van der Waals surface area contributed by atoms with Gasteiger partial charge in [0.15, 0.2) is 0 Å². The molecular weight excluding hydrogens is 250 g/mol. The zero-order valence-corrected chi connectivity index (χ0v) is 11.4. The molecule has 0 aliphatic rings. The molecule has 0 radical (unpaired) electrons. The van der Waals surface area contributed by atoms with E-state index in [2.05, 4.69) is 18.3 Å². The monoisotopic (exact) mass is 267 g/mol. The molecule has 0 unspecified atom stereocenters. The van der Waals surface area contributed by atoms with Crippen LogP contribution in [-0.4, -0.2) is 6.61 Å². The van der Waals surface area contributed by atoms with Gasteiger partial charge < -0.3 is 15.8 Å². The molecule has 2 aromatic rings. The molecule has 0 heterocycles. The van der Waals surface area contributed by atoms with Crippen LogP contribution in [0.1, 0.15) is 18.9 Å². The maximum absolute atomic E-state index is 9.08. The molecule has 20 heavy (non-hydrogen) atoms. The molecule has 4 nitrogen and oxygen atoms in total. The van der Waals surface area contributed by atoms with Crippen molar-refractivity contribution in [3.63, 3.8) is 0 Å². The number of nitrogens with two attached hydrogens (primary N) is 1. The third-order valence-electron chi connectivity index (χ3n) is 2.73. The summed E-state index contributed by atoms with van der Waals surface area (Å²) < 4.78 is 5.59. The molecule has 0 atom stereocenters. The second-order valence-electron chi connectivity index (χ2n) is 4.42. The van der Waals surface area contributed by atoms with Crippen molar-refractivity contribution in [1.29, 1.82) is 5.26 Å². The lowest BCUT2D eigenvalue weighted by atomic mass is 10.2. The zero-order valence-electron chi connectivity index (χ0n) is 11.4. The summed E-state index contributed by atoms with van der Waals surface area (Å²) in [5.41, 5.74) is 8.64. The lowest BCUT2D eigenvalue weighted by Gasteiger charge is -2.11. The average Bonchev–Trinajstić information content (AvgIpc) is 2.45. The summed E-state index contributed by atoms with van der Waals surface area (Å²) in [6, 6.07) is 15.0. The van der Waals surface area contributed by atoms with Gasteiger partial charge in [0, 0.05) is 23.5 Å². The molecule has 0 aliphatic carbocycles. The van der Waals surface area contributed by atoms with Crippen molar-refractivity contribution in [2.75, 3.05) is 17.7 Å². The normalized spacial score (nSPS) is 9.80. The summed E-state index contributed by atoms with van der Waals surface area (Å²) in [5, 5.41) is 12.3. The highest BCUT2D eigenvalue weighted by molar-refractivity contribution is 5.70. The minimum atomic E-state index is 0.589. The molecule has 0 bridgehead atoms. The molecule has 2 rings (SSSR count). The Balaban J connectivity index is 2.25. The van der Waals surface area contributed by atoms with Crippen LogP contribution in [0.15, 0.2) is 42.5 Å². The van der Waals surface area contributed by atoms with Gasteiger partial charge in [0.25, 0.3) is 0 Å². The molecule has 0 fully saturated rings. The Morgan fingerprint density at radius 1 is 1.25 bits per heavy atom. The minimum Gasteiger partial charge on any atom is -0.493 e. The van der Waals surface area contributed by atoms with Gasteiger partial charge in [-0.3, -0.25) is 0 Å². The van der Waals surface area contributed by atoms with E-state index in [4.69, 9.17) is 15.7 Å². The number of nitrogens with one attached hydrogen (secondary N) is 1. The van der Waals surface area contributed by atoms with Crippen LogP contribution in [0.2, 0.25) is 0 Å². The molecule has 4 heteroatoms. The smallest absolute Gasteiger partial charge is 0.123 e. The number of hydrogen-bond acceptors (Lipinski definition) is 4.